The summed E-state index contributed by atoms with van der Waals surface area (Å²) in [5.74, 6) is -0.143. The molecule has 23 heavy (non-hydrogen) atoms. The van der Waals surface area contributed by atoms with Crippen molar-refractivity contribution in [1.29, 1.82) is 0 Å². The second kappa shape index (κ2) is 6.79. The molecule has 0 fully saturated rings. The van der Waals surface area contributed by atoms with Crippen LogP contribution in [-0.4, -0.2) is 5.91 Å². The quantitative estimate of drug-likeness (QED) is 0.721. The third kappa shape index (κ3) is 3.58. The molecule has 3 nitrogen and oxygen atoms in total. The number of hydrazine groups is 1. The summed E-state index contributed by atoms with van der Waals surface area (Å²) in [5, 5.41) is 1.81. The molecule has 0 spiro atoms. The van der Waals surface area contributed by atoms with E-state index in [0.717, 1.165) is 16.9 Å². The lowest BCUT2D eigenvalue weighted by atomic mass is 10.2. The largest absolute Gasteiger partial charge is 0.270 e. The van der Waals surface area contributed by atoms with Crippen molar-refractivity contribution in [3.05, 3.63) is 96.1 Å². The fraction of sp³-hybridized carbons (Fsp3) is 0.0500. The van der Waals surface area contributed by atoms with Crippen LogP contribution in [0, 0.1) is 6.92 Å². The minimum Gasteiger partial charge on any atom is -0.267 e. The number of carbonyl (C=O) groups excluding carboxylic acids is 1. The predicted molar refractivity (Wildman–Crippen MR) is 93.7 cm³/mol. The summed E-state index contributed by atoms with van der Waals surface area (Å²) < 4.78 is 0. The highest BCUT2D eigenvalue weighted by molar-refractivity contribution is 5.96. The van der Waals surface area contributed by atoms with Gasteiger partial charge in [0, 0.05) is 5.56 Å². The van der Waals surface area contributed by atoms with Crippen LogP contribution in [0.2, 0.25) is 0 Å². The number of amides is 1. The van der Waals surface area contributed by atoms with Crippen molar-refractivity contribution < 1.29 is 4.79 Å². The number of nitrogens with zero attached hydrogens (tertiary/aromatic N) is 1. The Kier molecular flexibility index (Phi) is 4.39. The Balaban J connectivity index is 1.94. The van der Waals surface area contributed by atoms with Crippen LogP contribution in [0.5, 0.6) is 0 Å². The number of hydrogen-bond donors (Lipinski definition) is 1. The maximum atomic E-state index is 12.5. The molecule has 0 radical (unpaired) electrons. The molecular formula is C20H18N2O. The Hall–Kier alpha value is -3.07. The maximum absolute atomic E-state index is 12.5. The fourth-order valence-corrected chi connectivity index (χ4v) is 2.38. The Morgan fingerprint density at radius 2 is 1.39 bits per heavy atom. The molecule has 0 saturated heterocycles. The molecule has 1 amide bonds. The molecular weight excluding hydrogens is 284 g/mol. The second-order valence-electron chi connectivity index (χ2n) is 5.32. The Morgan fingerprint density at radius 3 is 2.04 bits per heavy atom. The van der Waals surface area contributed by atoms with E-state index < -0.39 is 0 Å². The molecule has 0 atom stereocenters. The van der Waals surface area contributed by atoms with E-state index in [2.05, 4.69) is 5.43 Å². The summed E-state index contributed by atoms with van der Waals surface area (Å²) in [7, 11) is 0. The predicted octanol–water partition coefficient (Wildman–Crippen LogP) is 4.48. The van der Waals surface area contributed by atoms with Gasteiger partial charge in [-0.3, -0.25) is 15.2 Å². The number of carbonyl (C=O) groups is 1. The van der Waals surface area contributed by atoms with Gasteiger partial charge in [-0.2, -0.15) is 0 Å². The van der Waals surface area contributed by atoms with Gasteiger partial charge in [-0.05, 0) is 48.9 Å². The monoisotopic (exact) mass is 302 g/mol. The molecule has 0 heterocycles. The first kappa shape index (κ1) is 14.9. The molecule has 0 aromatic heterocycles. The van der Waals surface area contributed by atoms with Gasteiger partial charge in [0.2, 0.25) is 0 Å². The van der Waals surface area contributed by atoms with Crippen molar-refractivity contribution in [2.75, 3.05) is 5.01 Å². The zero-order valence-corrected chi connectivity index (χ0v) is 12.9. The van der Waals surface area contributed by atoms with Crippen molar-refractivity contribution in [3.63, 3.8) is 0 Å². The van der Waals surface area contributed by atoms with Crippen LogP contribution in [0.4, 0.5) is 11.4 Å². The SMILES string of the molecule is Cc1cccc(N(NC(=O)c2ccccc2)c2ccccc2)c1. The normalized spacial score (nSPS) is 10.1. The number of aryl methyl sites for hydroxylation is 1. The molecule has 0 saturated carbocycles. The minimum absolute atomic E-state index is 0.143. The van der Waals surface area contributed by atoms with Gasteiger partial charge in [-0.25, -0.2) is 0 Å². The Bertz CT molecular complexity index is 785. The van der Waals surface area contributed by atoms with Crippen molar-refractivity contribution in [2.24, 2.45) is 0 Å². The zero-order chi connectivity index (χ0) is 16.1. The van der Waals surface area contributed by atoms with Crippen LogP contribution >= 0.6 is 0 Å². The Morgan fingerprint density at radius 1 is 0.783 bits per heavy atom. The summed E-state index contributed by atoms with van der Waals surface area (Å²) >= 11 is 0. The highest BCUT2D eigenvalue weighted by atomic mass is 16.2. The van der Waals surface area contributed by atoms with E-state index in [0.29, 0.717) is 5.56 Å². The van der Waals surface area contributed by atoms with Crippen LogP contribution in [-0.2, 0) is 0 Å². The molecule has 3 heteroatoms. The molecule has 3 rings (SSSR count). The fourth-order valence-electron chi connectivity index (χ4n) is 2.38. The number of hydrogen-bond acceptors (Lipinski definition) is 2. The molecule has 0 bridgehead atoms. The van der Waals surface area contributed by atoms with Gasteiger partial charge in [-0.1, -0.05) is 48.5 Å². The van der Waals surface area contributed by atoms with Crippen molar-refractivity contribution in [2.45, 2.75) is 6.92 Å². The molecule has 1 N–H and O–H groups in total. The summed E-state index contributed by atoms with van der Waals surface area (Å²) in [4.78, 5) is 12.5. The summed E-state index contributed by atoms with van der Waals surface area (Å²) in [5.41, 5.74) is 6.57. The minimum atomic E-state index is -0.143. The van der Waals surface area contributed by atoms with Crippen LogP contribution in [0.25, 0.3) is 0 Å². The lowest BCUT2D eigenvalue weighted by molar-refractivity contribution is 0.0953. The lowest BCUT2D eigenvalue weighted by Gasteiger charge is -2.25. The van der Waals surface area contributed by atoms with Crippen molar-refractivity contribution in [1.82, 2.24) is 5.43 Å². The number of para-hydroxylation sites is 1. The average molecular weight is 302 g/mol. The van der Waals surface area contributed by atoms with Gasteiger partial charge >= 0.3 is 0 Å². The van der Waals surface area contributed by atoms with Crippen LogP contribution in [0.15, 0.2) is 84.9 Å². The summed E-state index contributed by atoms with van der Waals surface area (Å²) in [6.45, 7) is 2.03. The smallest absolute Gasteiger partial charge is 0.267 e. The van der Waals surface area contributed by atoms with Gasteiger partial charge < -0.3 is 0 Å². The van der Waals surface area contributed by atoms with E-state index in [-0.39, 0.29) is 5.91 Å². The lowest BCUT2D eigenvalue weighted by Crippen LogP contribution is -2.38. The van der Waals surface area contributed by atoms with Gasteiger partial charge in [0.25, 0.3) is 5.91 Å². The number of anilines is 2. The molecule has 3 aromatic rings. The molecule has 3 aromatic carbocycles. The van der Waals surface area contributed by atoms with E-state index >= 15 is 0 Å². The van der Waals surface area contributed by atoms with Crippen LogP contribution in [0.1, 0.15) is 15.9 Å². The Labute approximate surface area is 136 Å². The van der Waals surface area contributed by atoms with Crippen LogP contribution in [0.3, 0.4) is 0 Å². The van der Waals surface area contributed by atoms with Gasteiger partial charge in [0.1, 0.15) is 0 Å². The van der Waals surface area contributed by atoms with E-state index in [1.54, 1.807) is 12.1 Å². The molecule has 0 aliphatic heterocycles. The van der Waals surface area contributed by atoms with Crippen LogP contribution < -0.4 is 10.4 Å². The van der Waals surface area contributed by atoms with E-state index in [1.807, 2.05) is 84.7 Å². The summed E-state index contributed by atoms with van der Waals surface area (Å²) in [6.07, 6.45) is 0. The summed E-state index contributed by atoms with van der Waals surface area (Å²) in [6, 6.07) is 27.0. The van der Waals surface area contributed by atoms with Gasteiger partial charge in [-0.15, -0.1) is 0 Å². The van der Waals surface area contributed by atoms with E-state index in [1.165, 1.54) is 0 Å². The third-order valence-electron chi connectivity index (χ3n) is 3.52. The van der Waals surface area contributed by atoms with Gasteiger partial charge in [0.05, 0.1) is 11.4 Å². The maximum Gasteiger partial charge on any atom is 0.270 e. The van der Waals surface area contributed by atoms with E-state index in [9.17, 15) is 4.79 Å². The van der Waals surface area contributed by atoms with Crippen molar-refractivity contribution in [3.8, 4) is 0 Å². The van der Waals surface area contributed by atoms with Gasteiger partial charge in [0.15, 0.2) is 0 Å². The first-order valence-corrected chi connectivity index (χ1v) is 7.52. The average Bonchev–Trinajstić information content (AvgIpc) is 2.61. The molecule has 114 valence electrons. The third-order valence-corrected chi connectivity index (χ3v) is 3.52. The molecule has 0 aliphatic carbocycles. The number of rotatable bonds is 4. The van der Waals surface area contributed by atoms with E-state index in [4.69, 9.17) is 0 Å². The standard InChI is InChI=1S/C20H18N2O/c1-16-9-8-14-19(15-16)22(18-12-6-3-7-13-18)21-20(23)17-10-4-2-5-11-17/h2-15H,1H3,(H,21,23). The molecule has 0 unspecified atom stereocenters. The number of nitrogens with one attached hydrogen (secondary N) is 1. The first-order valence-electron chi connectivity index (χ1n) is 7.52. The first-order chi connectivity index (χ1) is 11.2. The highest BCUT2D eigenvalue weighted by Gasteiger charge is 2.13. The highest BCUT2D eigenvalue weighted by Crippen LogP contribution is 2.24. The van der Waals surface area contributed by atoms with Crippen molar-refractivity contribution >= 4 is 17.3 Å². The second-order valence-corrected chi connectivity index (χ2v) is 5.32. The topological polar surface area (TPSA) is 32.3 Å². The number of benzene rings is 3. The zero-order valence-electron chi connectivity index (χ0n) is 12.9. The molecule has 0 aliphatic rings.